The molecule has 0 aliphatic carbocycles. The van der Waals surface area contributed by atoms with E-state index in [-0.39, 0.29) is 16.3 Å². The first-order chi connectivity index (χ1) is 13.9. The lowest BCUT2D eigenvalue weighted by Crippen LogP contribution is -2.17. The summed E-state index contributed by atoms with van der Waals surface area (Å²) in [5.41, 5.74) is 0.245. The smallest absolute Gasteiger partial charge is 0.286 e. The van der Waals surface area contributed by atoms with Gasteiger partial charge in [0.2, 0.25) is 0 Å². The van der Waals surface area contributed by atoms with Crippen LogP contribution in [0.25, 0.3) is 10.2 Å². The Balaban J connectivity index is 2.28. The largest absolute Gasteiger partial charge is 0.495 e. The van der Waals surface area contributed by atoms with Gasteiger partial charge in [0.1, 0.15) is 27.3 Å². The molecule has 3 aromatic rings. The summed E-state index contributed by atoms with van der Waals surface area (Å²) in [4.78, 5) is 28.1. The summed E-state index contributed by atoms with van der Waals surface area (Å²) in [5.74, 6) is 0.500. The van der Waals surface area contributed by atoms with Crippen molar-refractivity contribution in [2.45, 2.75) is 19.9 Å². The predicted octanol–water partition coefficient (Wildman–Crippen LogP) is 4.43. The summed E-state index contributed by atoms with van der Waals surface area (Å²) in [6, 6.07) is 7.38. The number of rotatable bonds is 6. The lowest BCUT2D eigenvalue weighted by Gasteiger charge is -2.09. The van der Waals surface area contributed by atoms with Gasteiger partial charge in [-0.05, 0) is 30.7 Å². The van der Waals surface area contributed by atoms with Crippen LogP contribution in [0.2, 0.25) is 5.02 Å². The van der Waals surface area contributed by atoms with Gasteiger partial charge >= 0.3 is 0 Å². The Morgan fingerprint density at radius 2 is 1.93 bits per heavy atom. The number of amides is 1. The maximum absolute atomic E-state index is 12.8. The number of nitrogens with zero attached hydrogens (tertiary/aromatic N) is 3. The molecular weight excluding hydrogens is 418 g/mol. The van der Waals surface area contributed by atoms with Crippen LogP contribution in [0.4, 0.5) is 5.69 Å². The van der Waals surface area contributed by atoms with Crippen LogP contribution < -0.4 is 14.3 Å². The van der Waals surface area contributed by atoms with Gasteiger partial charge in [0.15, 0.2) is 4.80 Å². The highest BCUT2D eigenvalue weighted by Crippen LogP contribution is 2.35. The van der Waals surface area contributed by atoms with Crippen molar-refractivity contribution in [3.8, 4) is 11.5 Å². The Morgan fingerprint density at radius 1 is 1.24 bits per heavy atom. The second kappa shape index (κ2) is 8.62. The van der Waals surface area contributed by atoms with Crippen molar-refractivity contribution in [3.05, 3.63) is 55.8 Å². The minimum absolute atomic E-state index is 0.165. The zero-order valence-corrected chi connectivity index (χ0v) is 17.5. The van der Waals surface area contributed by atoms with Crippen LogP contribution in [0.15, 0.2) is 35.3 Å². The number of carbonyl (C=O) groups excluding carboxylic acids is 1. The van der Waals surface area contributed by atoms with Crippen LogP contribution in [0.1, 0.15) is 23.7 Å². The summed E-state index contributed by atoms with van der Waals surface area (Å²) >= 11 is 7.19. The van der Waals surface area contributed by atoms with Crippen molar-refractivity contribution in [1.29, 1.82) is 0 Å². The van der Waals surface area contributed by atoms with E-state index in [0.29, 0.717) is 22.8 Å². The van der Waals surface area contributed by atoms with E-state index in [1.807, 2.05) is 11.5 Å². The van der Waals surface area contributed by atoms with Crippen molar-refractivity contribution >= 4 is 44.7 Å². The molecule has 0 aliphatic rings. The minimum Gasteiger partial charge on any atom is -0.495 e. The second-order valence-corrected chi connectivity index (χ2v) is 7.43. The monoisotopic (exact) mass is 435 g/mol. The van der Waals surface area contributed by atoms with Crippen LogP contribution in [-0.2, 0) is 6.54 Å². The number of thiazole rings is 1. The maximum Gasteiger partial charge on any atom is 0.286 e. The Labute approximate surface area is 175 Å². The number of fused-ring (bicyclic) bond motifs is 1. The number of methoxy groups -OCH3 is 2. The molecule has 1 aromatic heterocycles. The van der Waals surface area contributed by atoms with E-state index < -0.39 is 10.8 Å². The van der Waals surface area contributed by atoms with Gasteiger partial charge in [-0.3, -0.25) is 14.9 Å². The molecule has 0 saturated heterocycles. The molecule has 10 heteroatoms. The summed E-state index contributed by atoms with van der Waals surface area (Å²) in [6.07, 6.45) is 0.783. The van der Waals surface area contributed by atoms with Gasteiger partial charge < -0.3 is 14.0 Å². The number of hydrogen-bond acceptors (Lipinski definition) is 6. The number of hydrogen-bond donors (Lipinski definition) is 0. The number of nitro groups is 1. The molecule has 0 unspecified atom stereocenters. The maximum atomic E-state index is 12.8. The molecule has 0 atom stereocenters. The Morgan fingerprint density at radius 3 is 2.55 bits per heavy atom. The number of carbonyl (C=O) groups is 1. The Bertz CT molecular complexity index is 1170. The minimum atomic E-state index is -0.742. The van der Waals surface area contributed by atoms with Gasteiger partial charge in [0.05, 0.1) is 19.1 Å². The molecule has 0 spiro atoms. The summed E-state index contributed by atoms with van der Waals surface area (Å²) in [6.45, 7) is 2.57. The van der Waals surface area contributed by atoms with Gasteiger partial charge in [-0.25, -0.2) is 0 Å². The molecule has 29 heavy (non-hydrogen) atoms. The Hall–Kier alpha value is -2.91. The lowest BCUT2D eigenvalue weighted by atomic mass is 10.2. The first-order valence-electron chi connectivity index (χ1n) is 8.68. The average molecular weight is 436 g/mol. The molecule has 0 saturated carbocycles. The van der Waals surface area contributed by atoms with Crippen LogP contribution >= 0.6 is 22.9 Å². The first kappa shape index (κ1) is 20.8. The summed E-state index contributed by atoms with van der Waals surface area (Å²) in [7, 11) is 3.12. The van der Waals surface area contributed by atoms with Crippen molar-refractivity contribution in [2.24, 2.45) is 4.99 Å². The van der Waals surface area contributed by atoms with Crippen molar-refractivity contribution in [3.63, 3.8) is 0 Å². The standard InChI is InChI=1S/C19H18ClN3O5S/c1-4-9-22-16-14(27-2)7-8-15(28-3)17(16)29-19(22)21-18(24)12-10-11(20)5-6-13(12)23(25)26/h5-8,10H,4,9H2,1-3H3. The van der Waals surface area contributed by atoms with E-state index >= 15 is 0 Å². The number of halogens is 1. The fourth-order valence-electron chi connectivity index (χ4n) is 2.96. The van der Waals surface area contributed by atoms with Crippen LogP contribution in [0.3, 0.4) is 0 Å². The van der Waals surface area contributed by atoms with E-state index in [1.54, 1.807) is 26.4 Å². The fourth-order valence-corrected chi connectivity index (χ4v) is 4.29. The van der Waals surface area contributed by atoms with Crippen molar-refractivity contribution in [1.82, 2.24) is 4.57 Å². The van der Waals surface area contributed by atoms with E-state index in [4.69, 9.17) is 21.1 Å². The molecule has 1 heterocycles. The topological polar surface area (TPSA) is 96.0 Å². The normalized spacial score (nSPS) is 11.7. The SMILES string of the molecule is CCCn1c(=NC(=O)c2cc(Cl)ccc2[N+](=O)[O-])sc2c(OC)ccc(OC)c21. The molecular formula is C19H18ClN3O5S. The number of ether oxygens (including phenoxy) is 2. The number of nitro benzene ring substituents is 1. The third-order valence-electron chi connectivity index (χ3n) is 4.22. The molecule has 0 N–H and O–H groups in total. The number of aromatic nitrogens is 1. The van der Waals surface area contributed by atoms with Crippen LogP contribution in [0, 0.1) is 10.1 Å². The molecule has 3 rings (SSSR count). The summed E-state index contributed by atoms with van der Waals surface area (Å²) < 4.78 is 13.5. The quantitative estimate of drug-likeness (QED) is 0.421. The highest BCUT2D eigenvalue weighted by atomic mass is 35.5. The lowest BCUT2D eigenvalue weighted by molar-refractivity contribution is -0.385. The molecule has 0 radical (unpaired) electrons. The van der Waals surface area contributed by atoms with E-state index in [9.17, 15) is 14.9 Å². The highest BCUT2D eigenvalue weighted by molar-refractivity contribution is 7.16. The third kappa shape index (κ3) is 3.96. The zero-order chi connectivity index (χ0) is 21.1. The van der Waals surface area contributed by atoms with E-state index in [0.717, 1.165) is 16.6 Å². The first-order valence-corrected chi connectivity index (χ1v) is 9.88. The fraction of sp³-hybridized carbons (Fsp3) is 0.263. The molecule has 0 bridgehead atoms. The third-order valence-corrected chi connectivity index (χ3v) is 5.55. The van der Waals surface area contributed by atoms with Crippen molar-refractivity contribution in [2.75, 3.05) is 14.2 Å². The zero-order valence-electron chi connectivity index (χ0n) is 16.0. The molecule has 2 aromatic carbocycles. The van der Waals surface area contributed by atoms with Crippen LogP contribution in [-0.4, -0.2) is 29.6 Å². The predicted molar refractivity (Wildman–Crippen MR) is 111 cm³/mol. The highest BCUT2D eigenvalue weighted by Gasteiger charge is 2.22. The Kier molecular flexibility index (Phi) is 6.19. The number of aryl methyl sites for hydroxylation is 1. The van der Waals surface area contributed by atoms with Gasteiger partial charge in [0.25, 0.3) is 11.6 Å². The molecule has 152 valence electrons. The van der Waals surface area contributed by atoms with Crippen LogP contribution in [0.5, 0.6) is 11.5 Å². The average Bonchev–Trinajstić information content (AvgIpc) is 3.05. The van der Waals surface area contributed by atoms with E-state index in [2.05, 4.69) is 4.99 Å². The van der Waals surface area contributed by atoms with Gasteiger partial charge in [-0.1, -0.05) is 29.9 Å². The van der Waals surface area contributed by atoms with Gasteiger partial charge in [0, 0.05) is 17.6 Å². The molecule has 8 nitrogen and oxygen atoms in total. The molecule has 0 aliphatic heterocycles. The summed E-state index contributed by atoms with van der Waals surface area (Å²) in [5, 5.41) is 11.5. The number of benzene rings is 2. The van der Waals surface area contributed by atoms with E-state index in [1.165, 1.54) is 29.5 Å². The van der Waals surface area contributed by atoms with Crippen molar-refractivity contribution < 1.29 is 19.2 Å². The van der Waals surface area contributed by atoms with Gasteiger partial charge in [-0.15, -0.1) is 0 Å². The second-order valence-electron chi connectivity index (χ2n) is 6.02. The van der Waals surface area contributed by atoms with Gasteiger partial charge in [-0.2, -0.15) is 4.99 Å². The molecule has 1 amide bonds. The molecule has 0 fully saturated rings.